The second kappa shape index (κ2) is 7.52. The van der Waals surface area contributed by atoms with Crippen molar-refractivity contribution in [2.24, 2.45) is 0 Å². The van der Waals surface area contributed by atoms with Gasteiger partial charge in [0.15, 0.2) is 0 Å². The summed E-state index contributed by atoms with van der Waals surface area (Å²) in [5.74, 6) is -1.02. The molecule has 1 amide bonds. The van der Waals surface area contributed by atoms with E-state index >= 15 is 0 Å². The molecular formula is C17H15Cl2FN2O3S. The molecule has 2 aromatic rings. The third kappa shape index (κ3) is 3.86. The van der Waals surface area contributed by atoms with E-state index in [1.165, 1.54) is 18.2 Å². The van der Waals surface area contributed by atoms with Gasteiger partial charge in [-0.3, -0.25) is 4.79 Å². The van der Waals surface area contributed by atoms with Gasteiger partial charge in [0, 0.05) is 11.6 Å². The predicted octanol–water partition coefficient (Wildman–Crippen LogP) is 3.92. The topological polar surface area (TPSA) is 66.5 Å². The Morgan fingerprint density at radius 2 is 1.85 bits per heavy atom. The average molecular weight is 417 g/mol. The van der Waals surface area contributed by atoms with Crippen molar-refractivity contribution >= 4 is 44.8 Å². The minimum Gasteiger partial charge on any atom is -0.323 e. The van der Waals surface area contributed by atoms with Gasteiger partial charge in [0.25, 0.3) is 0 Å². The minimum absolute atomic E-state index is 0.0561. The van der Waals surface area contributed by atoms with E-state index in [-0.39, 0.29) is 11.4 Å². The highest BCUT2D eigenvalue weighted by Crippen LogP contribution is 2.29. The summed E-state index contributed by atoms with van der Waals surface area (Å²) in [6, 6.07) is 8.27. The molecule has 1 atom stereocenters. The van der Waals surface area contributed by atoms with Crippen molar-refractivity contribution in [1.82, 2.24) is 4.31 Å². The molecule has 1 aliphatic heterocycles. The molecule has 2 aromatic carbocycles. The molecule has 26 heavy (non-hydrogen) atoms. The zero-order valence-electron chi connectivity index (χ0n) is 13.5. The van der Waals surface area contributed by atoms with Crippen LogP contribution in [0.1, 0.15) is 12.8 Å². The summed E-state index contributed by atoms with van der Waals surface area (Å²) in [6.45, 7) is 0.209. The zero-order chi connectivity index (χ0) is 18.9. The van der Waals surface area contributed by atoms with Gasteiger partial charge in [-0.15, -0.1) is 0 Å². The monoisotopic (exact) mass is 416 g/mol. The number of hydrogen-bond donors (Lipinski definition) is 1. The summed E-state index contributed by atoms with van der Waals surface area (Å²) in [6.07, 6.45) is 0.923. The number of halogens is 3. The number of carbonyl (C=O) groups is 1. The van der Waals surface area contributed by atoms with Crippen molar-refractivity contribution in [1.29, 1.82) is 0 Å². The Labute approximate surface area is 160 Å². The maximum Gasteiger partial charge on any atom is 0.243 e. The number of hydrogen-bond acceptors (Lipinski definition) is 3. The third-order valence-corrected chi connectivity index (χ3v) is 6.60. The molecule has 138 valence electrons. The number of benzene rings is 2. The molecule has 0 spiro atoms. The molecule has 0 aliphatic carbocycles. The predicted molar refractivity (Wildman–Crippen MR) is 98.4 cm³/mol. The third-order valence-electron chi connectivity index (χ3n) is 4.11. The minimum atomic E-state index is -3.91. The fourth-order valence-corrected chi connectivity index (χ4v) is 4.83. The van der Waals surface area contributed by atoms with Crippen molar-refractivity contribution in [3.05, 3.63) is 58.3 Å². The van der Waals surface area contributed by atoms with E-state index < -0.39 is 27.8 Å². The lowest BCUT2D eigenvalue weighted by atomic mass is 10.2. The molecule has 5 nitrogen and oxygen atoms in total. The fourth-order valence-electron chi connectivity index (χ4n) is 2.84. The van der Waals surface area contributed by atoms with Gasteiger partial charge in [0.2, 0.25) is 15.9 Å². The Morgan fingerprint density at radius 1 is 1.15 bits per heavy atom. The first-order valence-corrected chi connectivity index (χ1v) is 10.0. The van der Waals surface area contributed by atoms with E-state index in [2.05, 4.69) is 5.32 Å². The first kappa shape index (κ1) is 19.1. The molecule has 1 heterocycles. The molecule has 1 saturated heterocycles. The Morgan fingerprint density at radius 3 is 2.54 bits per heavy atom. The number of amides is 1. The first-order chi connectivity index (χ1) is 12.3. The Hall–Kier alpha value is -1.67. The molecular weight excluding hydrogens is 402 g/mol. The number of anilines is 1. The van der Waals surface area contributed by atoms with Gasteiger partial charge in [-0.25, -0.2) is 12.8 Å². The first-order valence-electron chi connectivity index (χ1n) is 7.82. The molecule has 0 saturated carbocycles. The van der Waals surface area contributed by atoms with Gasteiger partial charge in [0.1, 0.15) is 11.9 Å². The van der Waals surface area contributed by atoms with Crippen LogP contribution in [0.5, 0.6) is 0 Å². The van der Waals surface area contributed by atoms with Gasteiger partial charge in [0.05, 0.1) is 15.6 Å². The number of rotatable bonds is 4. The van der Waals surface area contributed by atoms with Gasteiger partial charge in [-0.1, -0.05) is 23.2 Å². The molecule has 0 bridgehead atoms. The molecule has 0 aromatic heterocycles. The molecule has 0 radical (unpaired) electrons. The molecule has 1 fully saturated rings. The van der Waals surface area contributed by atoms with Crippen LogP contribution in [0.4, 0.5) is 10.1 Å². The lowest BCUT2D eigenvalue weighted by Gasteiger charge is -2.23. The summed E-state index contributed by atoms with van der Waals surface area (Å²) in [5.41, 5.74) is 0.315. The highest BCUT2D eigenvalue weighted by atomic mass is 35.5. The summed E-state index contributed by atoms with van der Waals surface area (Å²) in [5, 5.41) is 3.33. The van der Waals surface area contributed by atoms with Crippen LogP contribution in [0.2, 0.25) is 10.0 Å². The maximum atomic E-state index is 13.1. The summed E-state index contributed by atoms with van der Waals surface area (Å²) in [7, 11) is -3.91. The van der Waals surface area contributed by atoms with Crippen molar-refractivity contribution in [2.75, 3.05) is 11.9 Å². The second-order valence-electron chi connectivity index (χ2n) is 5.84. The van der Waals surface area contributed by atoms with Crippen LogP contribution in [-0.2, 0) is 14.8 Å². The van der Waals surface area contributed by atoms with Crippen LogP contribution >= 0.6 is 23.2 Å². The van der Waals surface area contributed by atoms with Crippen LogP contribution in [0.15, 0.2) is 47.4 Å². The van der Waals surface area contributed by atoms with Crippen LogP contribution in [0, 0.1) is 5.82 Å². The molecule has 0 unspecified atom stereocenters. The van der Waals surface area contributed by atoms with E-state index in [4.69, 9.17) is 23.2 Å². The van der Waals surface area contributed by atoms with E-state index in [1.54, 1.807) is 12.1 Å². The van der Waals surface area contributed by atoms with Crippen LogP contribution in [0.3, 0.4) is 0 Å². The lowest BCUT2D eigenvalue weighted by Crippen LogP contribution is -2.43. The Balaban J connectivity index is 1.84. The van der Waals surface area contributed by atoms with Gasteiger partial charge in [-0.2, -0.15) is 4.31 Å². The summed E-state index contributed by atoms with van der Waals surface area (Å²) < 4.78 is 39.8. The number of carbonyl (C=O) groups excluding carboxylic acids is 1. The average Bonchev–Trinajstić information content (AvgIpc) is 3.09. The normalized spacial score (nSPS) is 18.0. The summed E-state index contributed by atoms with van der Waals surface area (Å²) in [4.78, 5) is 12.6. The summed E-state index contributed by atoms with van der Waals surface area (Å²) >= 11 is 12.0. The van der Waals surface area contributed by atoms with E-state index in [0.29, 0.717) is 28.6 Å². The van der Waals surface area contributed by atoms with E-state index in [1.807, 2.05) is 0 Å². The standard InChI is InChI=1S/C17H15Cl2FN2O3S/c18-11-3-8-14(19)15(10-11)21-17(23)16-2-1-9-22(16)26(24,25)13-6-4-12(20)5-7-13/h3-8,10,16H,1-2,9H2,(H,21,23)/t16-/m0/s1. The van der Waals surface area contributed by atoms with E-state index in [0.717, 1.165) is 16.4 Å². The van der Waals surface area contributed by atoms with Crippen molar-refractivity contribution in [3.8, 4) is 0 Å². The highest BCUT2D eigenvalue weighted by Gasteiger charge is 2.39. The SMILES string of the molecule is O=C(Nc1cc(Cl)ccc1Cl)[C@@H]1CCCN1S(=O)(=O)c1ccc(F)cc1. The molecule has 3 rings (SSSR count). The largest absolute Gasteiger partial charge is 0.323 e. The Kier molecular flexibility index (Phi) is 5.53. The van der Waals surface area contributed by atoms with Crippen LogP contribution in [0.25, 0.3) is 0 Å². The maximum absolute atomic E-state index is 13.1. The van der Waals surface area contributed by atoms with Crippen molar-refractivity contribution in [3.63, 3.8) is 0 Å². The smallest absolute Gasteiger partial charge is 0.243 e. The second-order valence-corrected chi connectivity index (χ2v) is 8.58. The number of sulfonamides is 1. The van der Waals surface area contributed by atoms with Gasteiger partial charge >= 0.3 is 0 Å². The quantitative estimate of drug-likeness (QED) is 0.820. The van der Waals surface area contributed by atoms with Crippen molar-refractivity contribution < 1.29 is 17.6 Å². The van der Waals surface area contributed by atoms with Crippen LogP contribution < -0.4 is 5.32 Å². The molecule has 1 aliphatic rings. The zero-order valence-corrected chi connectivity index (χ0v) is 15.8. The molecule has 9 heteroatoms. The Bertz CT molecular complexity index is 936. The fraction of sp³-hybridized carbons (Fsp3) is 0.235. The van der Waals surface area contributed by atoms with Gasteiger partial charge in [-0.05, 0) is 55.3 Å². The molecule has 1 N–H and O–H groups in total. The highest BCUT2D eigenvalue weighted by molar-refractivity contribution is 7.89. The van der Waals surface area contributed by atoms with Crippen LogP contribution in [-0.4, -0.2) is 31.2 Å². The number of nitrogens with zero attached hydrogens (tertiary/aromatic N) is 1. The van der Waals surface area contributed by atoms with Crippen molar-refractivity contribution in [2.45, 2.75) is 23.8 Å². The number of nitrogens with one attached hydrogen (secondary N) is 1. The van der Waals surface area contributed by atoms with E-state index in [9.17, 15) is 17.6 Å². The van der Waals surface area contributed by atoms with Gasteiger partial charge < -0.3 is 5.32 Å². The lowest BCUT2D eigenvalue weighted by molar-refractivity contribution is -0.119.